The number of allylic oxidation sites excluding steroid dienone is 4. The van der Waals surface area contributed by atoms with Crippen LogP contribution in [0.25, 0.3) is 0 Å². The Hall–Kier alpha value is -1.21. The topological polar surface area (TPSA) is 110 Å². The van der Waals surface area contributed by atoms with Crippen molar-refractivity contribution in [2.45, 2.75) is 186 Å². The molecule has 0 rings (SSSR count). The van der Waals surface area contributed by atoms with E-state index in [9.17, 15) is 25.2 Å². The first kappa shape index (κ1) is 39.8. The molecular weight excluding hydrogens is 514 g/mol. The lowest BCUT2D eigenvalue weighted by Gasteiger charge is -2.27. The van der Waals surface area contributed by atoms with Crippen LogP contribution in [0.2, 0.25) is 0 Å². The third kappa shape index (κ3) is 25.0. The van der Waals surface area contributed by atoms with Crippen LogP contribution in [0.5, 0.6) is 0 Å². The van der Waals surface area contributed by atoms with Gasteiger partial charge in [0.15, 0.2) is 0 Å². The summed E-state index contributed by atoms with van der Waals surface area (Å²) >= 11 is 0. The molecule has 242 valence electrons. The zero-order valence-corrected chi connectivity index (χ0v) is 26.8. The Kier molecular flexibility index (Phi) is 29.4. The number of amides is 1. The van der Waals surface area contributed by atoms with Crippen LogP contribution in [-0.4, -0.2) is 57.3 Å². The van der Waals surface area contributed by atoms with Gasteiger partial charge in [-0.05, 0) is 64.2 Å². The second-order valence-electron chi connectivity index (χ2n) is 11.8. The Morgan fingerprint density at radius 3 is 1.49 bits per heavy atom. The fraction of sp³-hybridized carbons (Fsp3) is 0.857. The van der Waals surface area contributed by atoms with Crippen molar-refractivity contribution in [2.75, 3.05) is 6.61 Å². The molecule has 0 bridgehead atoms. The van der Waals surface area contributed by atoms with Gasteiger partial charge in [-0.25, -0.2) is 0 Å². The van der Waals surface area contributed by atoms with Crippen molar-refractivity contribution in [1.82, 2.24) is 5.32 Å². The minimum Gasteiger partial charge on any atom is -0.394 e. The van der Waals surface area contributed by atoms with Crippen LogP contribution in [-0.2, 0) is 4.79 Å². The molecule has 0 aromatic rings. The molecule has 0 aromatic carbocycles. The van der Waals surface area contributed by atoms with E-state index in [1.807, 2.05) is 0 Å². The highest BCUT2D eigenvalue weighted by molar-refractivity contribution is 5.80. The van der Waals surface area contributed by atoms with Gasteiger partial charge < -0.3 is 25.7 Å². The van der Waals surface area contributed by atoms with Gasteiger partial charge in [-0.15, -0.1) is 0 Å². The smallest absolute Gasteiger partial charge is 0.249 e. The van der Waals surface area contributed by atoms with Crippen molar-refractivity contribution < 1.29 is 25.2 Å². The van der Waals surface area contributed by atoms with Crippen molar-refractivity contribution >= 4 is 5.91 Å². The number of unbranched alkanes of at least 4 members (excludes halogenated alkanes) is 17. The van der Waals surface area contributed by atoms with E-state index in [4.69, 9.17) is 0 Å². The molecule has 6 heteroatoms. The van der Waals surface area contributed by atoms with Crippen LogP contribution in [0.15, 0.2) is 24.3 Å². The molecule has 6 nitrogen and oxygen atoms in total. The molecule has 41 heavy (non-hydrogen) atoms. The summed E-state index contributed by atoms with van der Waals surface area (Å²) in [7, 11) is 0. The normalized spacial score (nSPS) is 15.0. The van der Waals surface area contributed by atoms with Crippen LogP contribution in [0.4, 0.5) is 0 Å². The minimum absolute atomic E-state index is 0.356. The molecule has 1 amide bonds. The van der Waals surface area contributed by atoms with E-state index >= 15 is 0 Å². The summed E-state index contributed by atoms with van der Waals surface area (Å²) in [5.74, 6) is -0.602. The van der Waals surface area contributed by atoms with Crippen molar-refractivity contribution in [3.8, 4) is 0 Å². The SMILES string of the molecule is CCCCCC/C=C\CCCCCCCCC(O)C(=O)NC(CO)C(O)C(O)CCC/C=C/CCCCCCCC. The van der Waals surface area contributed by atoms with Crippen molar-refractivity contribution in [3.63, 3.8) is 0 Å². The van der Waals surface area contributed by atoms with Crippen LogP contribution >= 0.6 is 0 Å². The highest BCUT2D eigenvalue weighted by Crippen LogP contribution is 2.13. The number of carbonyl (C=O) groups is 1. The maximum absolute atomic E-state index is 12.4. The summed E-state index contributed by atoms with van der Waals surface area (Å²) in [5.41, 5.74) is 0. The molecule has 0 aliphatic heterocycles. The molecule has 0 fully saturated rings. The lowest BCUT2D eigenvalue weighted by molar-refractivity contribution is -0.132. The second-order valence-corrected chi connectivity index (χ2v) is 11.8. The number of hydrogen-bond donors (Lipinski definition) is 5. The molecular formula is C35H67NO5. The summed E-state index contributed by atoms with van der Waals surface area (Å²) in [6.07, 6.45) is 30.5. The van der Waals surface area contributed by atoms with Crippen LogP contribution in [0, 0.1) is 0 Å². The summed E-state index contributed by atoms with van der Waals surface area (Å²) in [6.45, 7) is 3.97. The molecule has 0 aliphatic rings. The number of hydrogen-bond acceptors (Lipinski definition) is 5. The van der Waals surface area contributed by atoms with Gasteiger partial charge in [0.2, 0.25) is 5.91 Å². The van der Waals surface area contributed by atoms with Gasteiger partial charge in [0, 0.05) is 0 Å². The third-order valence-electron chi connectivity index (χ3n) is 7.88. The fourth-order valence-electron chi connectivity index (χ4n) is 5.04. The van der Waals surface area contributed by atoms with Gasteiger partial charge in [-0.1, -0.05) is 122 Å². The molecule has 4 atom stereocenters. The predicted octanol–water partition coefficient (Wildman–Crippen LogP) is 7.67. The molecule has 5 N–H and O–H groups in total. The van der Waals surface area contributed by atoms with Crippen LogP contribution in [0.1, 0.15) is 162 Å². The molecule has 0 saturated heterocycles. The Morgan fingerprint density at radius 1 is 0.585 bits per heavy atom. The first-order chi connectivity index (χ1) is 20.0. The van der Waals surface area contributed by atoms with E-state index < -0.39 is 36.9 Å². The van der Waals surface area contributed by atoms with Crippen molar-refractivity contribution in [2.24, 2.45) is 0 Å². The van der Waals surface area contributed by atoms with E-state index in [1.54, 1.807) is 0 Å². The van der Waals surface area contributed by atoms with E-state index in [1.165, 1.54) is 83.5 Å². The summed E-state index contributed by atoms with van der Waals surface area (Å²) < 4.78 is 0. The fourth-order valence-corrected chi connectivity index (χ4v) is 5.04. The van der Waals surface area contributed by atoms with Crippen molar-refractivity contribution in [3.05, 3.63) is 24.3 Å². The highest BCUT2D eigenvalue weighted by atomic mass is 16.3. The quantitative estimate of drug-likeness (QED) is 0.0442. The van der Waals surface area contributed by atoms with E-state index in [0.717, 1.165) is 51.4 Å². The zero-order valence-electron chi connectivity index (χ0n) is 26.8. The minimum atomic E-state index is -1.28. The van der Waals surface area contributed by atoms with Gasteiger partial charge in [0.05, 0.1) is 18.8 Å². The maximum Gasteiger partial charge on any atom is 0.249 e. The predicted molar refractivity (Wildman–Crippen MR) is 173 cm³/mol. The van der Waals surface area contributed by atoms with Gasteiger partial charge in [0.1, 0.15) is 12.2 Å². The van der Waals surface area contributed by atoms with E-state index in [2.05, 4.69) is 43.5 Å². The standard InChI is InChI=1S/C35H67NO5/c1-3-5-7-9-11-13-15-16-17-19-21-23-25-27-29-33(39)35(41)36-31(30-37)34(40)32(38)28-26-24-22-20-18-14-12-10-8-6-4-2/h13,15,20,22,31-34,37-40H,3-12,14,16-19,21,23-30H2,1-2H3,(H,36,41)/b15-13-,22-20+. The number of aliphatic hydroxyl groups is 4. The van der Waals surface area contributed by atoms with Gasteiger partial charge >= 0.3 is 0 Å². The molecule has 0 aliphatic carbocycles. The monoisotopic (exact) mass is 582 g/mol. The maximum atomic E-state index is 12.4. The third-order valence-corrected chi connectivity index (χ3v) is 7.88. The molecule has 4 unspecified atom stereocenters. The number of aliphatic hydroxyl groups excluding tert-OH is 4. The molecule has 0 spiro atoms. The molecule has 0 aromatic heterocycles. The average Bonchev–Trinajstić information content (AvgIpc) is 2.98. The summed E-state index contributed by atoms with van der Waals surface area (Å²) in [5, 5.41) is 43.2. The van der Waals surface area contributed by atoms with Crippen LogP contribution in [0.3, 0.4) is 0 Å². The number of nitrogens with one attached hydrogen (secondary N) is 1. The number of rotatable bonds is 30. The molecule has 0 heterocycles. The van der Waals surface area contributed by atoms with Crippen molar-refractivity contribution in [1.29, 1.82) is 0 Å². The van der Waals surface area contributed by atoms with Gasteiger partial charge in [-0.3, -0.25) is 4.79 Å². The zero-order chi connectivity index (χ0) is 30.4. The Morgan fingerprint density at radius 2 is 1.00 bits per heavy atom. The molecule has 0 radical (unpaired) electrons. The number of carbonyl (C=O) groups excluding carboxylic acids is 1. The highest BCUT2D eigenvalue weighted by Gasteiger charge is 2.28. The second kappa shape index (κ2) is 30.3. The van der Waals surface area contributed by atoms with E-state index in [0.29, 0.717) is 12.8 Å². The lowest BCUT2D eigenvalue weighted by Crippen LogP contribution is -2.53. The van der Waals surface area contributed by atoms with Gasteiger partial charge in [0.25, 0.3) is 0 Å². The molecule has 0 saturated carbocycles. The largest absolute Gasteiger partial charge is 0.394 e. The Balaban J connectivity index is 3.91. The Labute approximate surface area is 253 Å². The average molecular weight is 582 g/mol. The summed E-state index contributed by atoms with van der Waals surface area (Å²) in [6, 6.07) is -0.999. The van der Waals surface area contributed by atoms with Crippen LogP contribution < -0.4 is 5.32 Å². The van der Waals surface area contributed by atoms with Gasteiger partial charge in [-0.2, -0.15) is 0 Å². The van der Waals surface area contributed by atoms with E-state index in [-0.39, 0.29) is 0 Å². The first-order valence-electron chi connectivity index (χ1n) is 17.2. The lowest BCUT2D eigenvalue weighted by atomic mass is 10.00. The first-order valence-corrected chi connectivity index (χ1v) is 17.2. The summed E-state index contributed by atoms with van der Waals surface area (Å²) in [4.78, 5) is 12.4. The Bertz CT molecular complexity index is 624.